The molecule has 1 heterocycles. The van der Waals surface area contributed by atoms with Crippen molar-refractivity contribution in [3.8, 4) is 0 Å². The van der Waals surface area contributed by atoms with E-state index >= 15 is 0 Å². The number of fused-ring (bicyclic) bond motifs is 1. The quantitative estimate of drug-likeness (QED) is 0.705. The number of benzene rings is 2. The van der Waals surface area contributed by atoms with E-state index in [4.69, 9.17) is 5.14 Å². The normalized spacial score (nSPS) is 13.3. The highest BCUT2D eigenvalue weighted by molar-refractivity contribution is 9.10. The maximum absolute atomic E-state index is 13.0. The molecule has 1 aromatic heterocycles. The Kier molecular flexibility index (Phi) is 4.27. The Balaban J connectivity index is 2.12. The third-order valence-electron chi connectivity index (χ3n) is 3.74. The van der Waals surface area contributed by atoms with Gasteiger partial charge in [0.05, 0.1) is 0 Å². The van der Waals surface area contributed by atoms with Crippen molar-refractivity contribution in [2.45, 2.75) is 11.7 Å². The fourth-order valence-electron chi connectivity index (χ4n) is 2.66. The molecule has 0 fully saturated rings. The summed E-state index contributed by atoms with van der Waals surface area (Å²) in [5.74, 6) is -0.364. The van der Waals surface area contributed by atoms with Gasteiger partial charge in [0.1, 0.15) is 11.1 Å². The molecule has 23 heavy (non-hydrogen) atoms. The fourth-order valence-corrected chi connectivity index (χ4v) is 4.11. The van der Waals surface area contributed by atoms with Crippen LogP contribution < -0.4 is 5.14 Å². The predicted octanol–water partition coefficient (Wildman–Crippen LogP) is 3.64. The number of primary sulfonamides is 1. The predicted molar refractivity (Wildman–Crippen MR) is 92.0 cm³/mol. The van der Waals surface area contributed by atoms with E-state index in [-0.39, 0.29) is 12.2 Å². The maximum atomic E-state index is 13.0. The third-order valence-corrected chi connectivity index (χ3v) is 5.42. The number of nitrogens with two attached hydrogens (primary N) is 1. The van der Waals surface area contributed by atoms with Crippen LogP contribution in [0.4, 0.5) is 4.39 Å². The Hall–Kier alpha value is -1.70. The molecule has 0 bridgehead atoms. The van der Waals surface area contributed by atoms with Crippen molar-refractivity contribution in [3.05, 3.63) is 70.1 Å². The van der Waals surface area contributed by atoms with Gasteiger partial charge in [0.15, 0.2) is 0 Å². The van der Waals surface area contributed by atoms with Crippen LogP contribution in [0, 0.1) is 5.82 Å². The summed E-state index contributed by atoms with van der Waals surface area (Å²) in [7, 11) is -3.84. The van der Waals surface area contributed by atoms with Crippen molar-refractivity contribution in [2.75, 3.05) is 0 Å². The van der Waals surface area contributed by atoms with Gasteiger partial charge < -0.3 is 4.98 Å². The van der Waals surface area contributed by atoms with Crippen molar-refractivity contribution >= 4 is 36.9 Å². The highest BCUT2D eigenvalue weighted by Gasteiger charge is 2.26. The average Bonchev–Trinajstić information content (AvgIpc) is 2.92. The molecule has 0 aliphatic carbocycles. The van der Waals surface area contributed by atoms with E-state index in [1.54, 1.807) is 24.4 Å². The van der Waals surface area contributed by atoms with Crippen LogP contribution in [0.1, 0.15) is 16.4 Å². The first-order valence-corrected chi connectivity index (χ1v) is 9.27. The lowest BCUT2D eigenvalue weighted by atomic mass is 10.0. The van der Waals surface area contributed by atoms with Crippen LogP contribution in [0.5, 0.6) is 0 Å². The summed E-state index contributed by atoms with van der Waals surface area (Å²) in [5.41, 5.74) is 2.14. The van der Waals surface area contributed by atoms with Gasteiger partial charge in [0.2, 0.25) is 10.0 Å². The molecule has 0 aliphatic heterocycles. The van der Waals surface area contributed by atoms with Gasteiger partial charge in [-0.25, -0.2) is 17.9 Å². The molecular weight excluding hydrogens is 383 g/mol. The summed E-state index contributed by atoms with van der Waals surface area (Å²) in [4.78, 5) is 3.06. The number of rotatable bonds is 4. The van der Waals surface area contributed by atoms with Crippen LogP contribution in [0.3, 0.4) is 0 Å². The summed E-state index contributed by atoms with van der Waals surface area (Å²) in [6.45, 7) is 0. The molecule has 0 saturated heterocycles. The highest BCUT2D eigenvalue weighted by atomic mass is 79.9. The summed E-state index contributed by atoms with van der Waals surface area (Å²) in [6, 6.07) is 11.2. The lowest BCUT2D eigenvalue weighted by Gasteiger charge is -2.17. The van der Waals surface area contributed by atoms with Crippen LogP contribution >= 0.6 is 15.9 Å². The first-order chi connectivity index (χ1) is 10.8. The van der Waals surface area contributed by atoms with Gasteiger partial charge in [-0.3, -0.25) is 0 Å². The zero-order valence-electron chi connectivity index (χ0n) is 12.0. The average molecular weight is 397 g/mol. The Morgan fingerprint density at radius 2 is 1.87 bits per heavy atom. The second-order valence-corrected chi connectivity index (χ2v) is 8.00. The molecule has 2 aromatic carbocycles. The Morgan fingerprint density at radius 3 is 2.52 bits per heavy atom. The van der Waals surface area contributed by atoms with Gasteiger partial charge >= 0.3 is 0 Å². The zero-order valence-corrected chi connectivity index (χ0v) is 14.4. The van der Waals surface area contributed by atoms with Crippen molar-refractivity contribution < 1.29 is 12.8 Å². The minimum atomic E-state index is -3.84. The molecule has 1 atom stereocenters. The lowest BCUT2D eigenvalue weighted by Crippen LogP contribution is -2.23. The van der Waals surface area contributed by atoms with E-state index < -0.39 is 15.3 Å². The van der Waals surface area contributed by atoms with Crippen molar-refractivity contribution in [3.63, 3.8) is 0 Å². The Morgan fingerprint density at radius 1 is 1.17 bits per heavy atom. The molecule has 7 heteroatoms. The van der Waals surface area contributed by atoms with Crippen LogP contribution in [0.15, 0.2) is 53.1 Å². The van der Waals surface area contributed by atoms with E-state index in [0.717, 1.165) is 15.4 Å². The number of aromatic amines is 1. The summed E-state index contributed by atoms with van der Waals surface area (Å²) in [6.07, 6.45) is 1.93. The molecule has 120 valence electrons. The van der Waals surface area contributed by atoms with E-state index in [2.05, 4.69) is 20.9 Å². The first-order valence-electron chi connectivity index (χ1n) is 6.87. The highest BCUT2D eigenvalue weighted by Crippen LogP contribution is 2.33. The molecule has 0 aliphatic rings. The number of aromatic nitrogens is 1. The van der Waals surface area contributed by atoms with E-state index in [1.165, 1.54) is 12.1 Å². The van der Waals surface area contributed by atoms with Crippen molar-refractivity contribution in [1.82, 2.24) is 4.98 Å². The molecule has 1 unspecified atom stereocenters. The third kappa shape index (κ3) is 3.46. The van der Waals surface area contributed by atoms with Gasteiger partial charge in [-0.2, -0.15) is 0 Å². The summed E-state index contributed by atoms with van der Waals surface area (Å²) < 4.78 is 38.1. The molecule has 4 nitrogen and oxygen atoms in total. The minimum Gasteiger partial charge on any atom is -0.361 e. The Labute approximate surface area is 141 Å². The largest absolute Gasteiger partial charge is 0.361 e. The molecule has 3 rings (SSSR count). The van der Waals surface area contributed by atoms with Crippen molar-refractivity contribution in [2.24, 2.45) is 5.14 Å². The number of H-pyrrole nitrogens is 1. The number of sulfonamides is 1. The topological polar surface area (TPSA) is 76.0 Å². The van der Waals surface area contributed by atoms with Gasteiger partial charge in [0, 0.05) is 21.6 Å². The standard InChI is InChI=1S/C16H14BrFN2O2S/c17-11-8-14(13-5-6-20-15(13)9-11)16(23(19,21)22)7-10-1-3-12(18)4-2-10/h1-6,8-9,16,20H,7H2,(H2,19,21,22). The van der Waals surface area contributed by atoms with Crippen LogP contribution in [-0.2, 0) is 16.4 Å². The van der Waals surface area contributed by atoms with E-state index in [1.807, 2.05) is 12.1 Å². The van der Waals surface area contributed by atoms with Gasteiger partial charge in [0.25, 0.3) is 0 Å². The number of halogens is 2. The Bertz CT molecular complexity index is 952. The first kappa shape index (κ1) is 16.2. The number of hydrogen-bond donors (Lipinski definition) is 2. The lowest BCUT2D eigenvalue weighted by molar-refractivity contribution is 0.583. The smallest absolute Gasteiger partial charge is 0.216 e. The summed E-state index contributed by atoms with van der Waals surface area (Å²) in [5, 5.41) is 5.36. The van der Waals surface area contributed by atoms with Gasteiger partial charge in [-0.05, 0) is 47.9 Å². The molecule has 0 spiro atoms. The molecule has 0 amide bonds. The van der Waals surface area contributed by atoms with Crippen LogP contribution in [0.2, 0.25) is 0 Å². The van der Waals surface area contributed by atoms with Gasteiger partial charge in [-0.15, -0.1) is 0 Å². The molecule has 3 aromatic rings. The van der Waals surface area contributed by atoms with Crippen LogP contribution in [0.25, 0.3) is 10.9 Å². The fraction of sp³-hybridized carbons (Fsp3) is 0.125. The number of nitrogens with one attached hydrogen (secondary N) is 1. The van der Waals surface area contributed by atoms with Crippen molar-refractivity contribution in [1.29, 1.82) is 0 Å². The molecule has 0 radical (unpaired) electrons. The molecule has 3 N–H and O–H groups in total. The number of hydrogen-bond acceptors (Lipinski definition) is 2. The molecular formula is C16H14BrFN2O2S. The second kappa shape index (κ2) is 6.07. The molecule has 0 saturated carbocycles. The van der Waals surface area contributed by atoms with Crippen LogP contribution in [-0.4, -0.2) is 13.4 Å². The maximum Gasteiger partial charge on any atom is 0.216 e. The summed E-state index contributed by atoms with van der Waals surface area (Å²) >= 11 is 3.39. The zero-order chi connectivity index (χ0) is 16.6. The van der Waals surface area contributed by atoms with E-state index in [0.29, 0.717) is 11.1 Å². The van der Waals surface area contributed by atoms with E-state index in [9.17, 15) is 12.8 Å². The SMILES string of the molecule is NS(=O)(=O)C(Cc1ccc(F)cc1)c1cc(Br)cc2[nH]ccc12. The minimum absolute atomic E-state index is 0.176. The second-order valence-electron chi connectivity index (χ2n) is 5.34. The monoisotopic (exact) mass is 396 g/mol. The van der Waals surface area contributed by atoms with Gasteiger partial charge in [-0.1, -0.05) is 28.1 Å².